The van der Waals surface area contributed by atoms with E-state index in [4.69, 9.17) is 0 Å². The molecule has 0 bridgehead atoms. The number of aromatic nitrogens is 3. The number of hydrogen-bond acceptors (Lipinski definition) is 3. The van der Waals surface area contributed by atoms with Crippen molar-refractivity contribution < 1.29 is 0 Å². The summed E-state index contributed by atoms with van der Waals surface area (Å²) < 4.78 is 2.06. The average Bonchev–Trinajstić information content (AvgIpc) is 3.22. The Morgan fingerprint density at radius 2 is 2.05 bits per heavy atom. The Balaban J connectivity index is 1.84. The summed E-state index contributed by atoms with van der Waals surface area (Å²) in [6, 6.07) is 7.08. The van der Waals surface area contributed by atoms with Gasteiger partial charge in [-0.15, -0.1) is 0 Å². The van der Waals surface area contributed by atoms with Crippen molar-refractivity contribution in [2.45, 2.75) is 52.1 Å². The van der Waals surface area contributed by atoms with Gasteiger partial charge < -0.3 is 5.32 Å². The maximum atomic E-state index is 4.69. The molecule has 0 saturated heterocycles. The van der Waals surface area contributed by atoms with Crippen LogP contribution in [-0.2, 0) is 19.4 Å². The fraction of sp³-hybridized carbons (Fsp3) is 0.500. The first-order valence-corrected chi connectivity index (χ1v) is 7.56. The van der Waals surface area contributed by atoms with Crippen LogP contribution < -0.4 is 5.32 Å². The molecule has 2 aromatic heterocycles. The Morgan fingerprint density at radius 3 is 2.75 bits per heavy atom. The molecule has 20 heavy (non-hydrogen) atoms. The summed E-state index contributed by atoms with van der Waals surface area (Å²) in [6.07, 6.45) is 6.45. The highest BCUT2D eigenvalue weighted by molar-refractivity contribution is 5.34. The van der Waals surface area contributed by atoms with Crippen LogP contribution in [-0.4, -0.2) is 20.8 Å². The van der Waals surface area contributed by atoms with Crippen molar-refractivity contribution in [1.82, 2.24) is 20.1 Å². The minimum atomic E-state index is 0.711. The van der Waals surface area contributed by atoms with Crippen molar-refractivity contribution in [3.8, 4) is 5.69 Å². The van der Waals surface area contributed by atoms with Crippen LogP contribution in [0.15, 0.2) is 24.4 Å². The topological polar surface area (TPSA) is 42.7 Å². The lowest BCUT2D eigenvalue weighted by atomic mass is 10.2. The molecule has 0 unspecified atom stereocenters. The highest BCUT2D eigenvalue weighted by Crippen LogP contribution is 2.19. The first-order chi connectivity index (χ1) is 9.80. The molecule has 0 spiro atoms. The largest absolute Gasteiger partial charge is 0.308 e. The second-order valence-corrected chi connectivity index (χ2v) is 5.41. The van der Waals surface area contributed by atoms with Gasteiger partial charge in [0.2, 0.25) is 0 Å². The van der Waals surface area contributed by atoms with Crippen LogP contribution in [0, 0.1) is 0 Å². The molecule has 0 atom stereocenters. The maximum Gasteiger partial charge on any atom is 0.0682 e. The van der Waals surface area contributed by atoms with Crippen LogP contribution in [0.5, 0.6) is 0 Å². The zero-order valence-corrected chi connectivity index (χ0v) is 12.3. The third-order valence-corrected chi connectivity index (χ3v) is 3.75. The molecule has 1 aliphatic carbocycles. The van der Waals surface area contributed by atoms with Gasteiger partial charge in [0, 0.05) is 24.5 Å². The monoisotopic (exact) mass is 270 g/mol. The highest BCUT2D eigenvalue weighted by atomic mass is 15.3. The number of pyridine rings is 1. The Bertz CT molecular complexity index is 584. The Kier molecular flexibility index (Phi) is 3.83. The molecule has 0 amide bonds. The van der Waals surface area contributed by atoms with Gasteiger partial charge in [-0.25, -0.2) is 4.68 Å². The van der Waals surface area contributed by atoms with Gasteiger partial charge >= 0.3 is 0 Å². The summed E-state index contributed by atoms with van der Waals surface area (Å²) in [4.78, 5) is 4.44. The molecule has 1 fully saturated rings. The lowest BCUT2D eigenvalue weighted by molar-refractivity contribution is 0.672. The summed E-state index contributed by atoms with van der Waals surface area (Å²) in [5, 5.41) is 8.19. The van der Waals surface area contributed by atoms with Crippen molar-refractivity contribution in [2.75, 3.05) is 0 Å². The quantitative estimate of drug-likeness (QED) is 0.877. The predicted molar refractivity (Wildman–Crippen MR) is 80.0 cm³/mol. The van der Waals surface area contributed by atoms with Crippen LogP contribution in [0.1, 0.15) is 43.8 Å². The molecular formula is C16H22N4. The standard InChI is InChI=1S/C16H22N4/c1-3-12-9-15(4-2)20(19-12)16-7-8-17-14(10-16)11-18-13-5-6-13/h7-10,13,18H,3-6,11H2,1-2H3. The smallest absolute Gasteiger partial charge is 0.0682 e. The van der Waals surface area contributed by atoms with Crippen LogP contribution >= 0.6 is 0 Å². The van der Waals surface area contributed by atoms with Crippen LogP contribution in [0.3, 0.4) is 0 Å². The fourth-order valence-electron chi connectivity index (χ4n) is 2.35. The molecule has 106 valence electrons. The van der Waals surface area contributed by atoms with E-state index in [0.717, 1.165) is 36.5 Å². The predicted octanol–water partition coefficient (Wildman–Crippen LogP) is 2.64. The Labute approximate surface area is 120 Å². The summed E-state index contributed by atoms with van der Waals surface area (Å²) in [5.41, 5.74) is 4.61. The van der Waals surface area contributed by atoms with Gasteiger partial charge in [-0.2, -0.15) is 5.10 Å². The highest BCUT2D eigenvalue weighted by Gasteiger charge is 2.20. The van der Waals surface area contributed by atoms with Crippen molar-refractivity contribution in [2.24, 2.45) is 0 Å². The third kappa shape index (κ3) is 2.90. The van der Waals surface area contributed by atoms with E-state index in [-0.39, 0.29) is 0 Å². The van der Waals surface area contributed by atoms with Gasteiger partial charge in [0.15, 0.2) is 0 Å². The van der Waals surface area contributed by atoms with Crippen LogP contribution in [0.2, 0.25) is 0 Å². The van der Waals surface area contributed by atoms with Gasteiger partial charge in [0.1, 0.15) is 0 Å². The normalized spacial score (nSPS) is 14.7. The average molecular weight is 270 g/mol. The first kappa shape index (κ1) is 13.3. The summed E-state index contributed by atoms with van der Waals surface area (Å²) in [5.74, 6) is 0. The summed E-state index contributed by atoms with van der Waals surface area (Å²) in [6.45, 7) is 5.16. The van der Waals surface area contributed by atoms with E-state index < -0.39 is 0 Å². The van der Waals surface area contributed by atoms with Gasteiger partial charge in [0.25, 0.3) is 0 Å². The van der Waals surface area contributed by atoms with Gasteiger partial charge in [-0.1, -0.05) is 13.8 Å². The van der Waals surface area contributed by atoms with E-state index >= 15 is 0 Å². The van der Waals surface area contributed by atoms with Gasteiger partial charge in [-0.05, 0) is 43.9 Å². The van der Waals surface area contributed by atoms with Gasteiger partial charge in [0.05, 0.1) is 17.1 Å². The number of hydrogen-bond donors (Lipinski definition) is 1. The molecule has 1 saturated carbocycles. The number of rotatable bonds is 6. The molecule has 4 nitrogen and oxygen atoms in total. The summed E-state index contributed by atoms with van der Waals surface area (Å²) >= 11 is 0. The first-order valence-electron chi connectivity index (χ1n) is 7.56. The van der Waals surface area contributed by atoms with E-state index in [1.807, 2.05) is 12.3 Å². The van der Waals surface area contributed by atoms with E-state index in [2.05, 4.69) is 46.1 Å². The Hall–Kier alpha value is -1.68. The third-order valence-electron chi connectivity index (χ3n) is 3.75. The SMILES string of the molecule is CCc1cc(CC)n(-c2ccnc(CNC3CC3)c2)n1. The van der Waals surface area contributed by atoms with Crippen molar-refractivity contribution in [3.63, 3.8) is 0 Å². The minimum Gasteiger partial charge on any atom is -0.308 e. The number of nitrogens with zero attached hydrogens (tertiary/aromatic N) is 3. The second-order valence-electron chi connectivity index (χ2n) is 5.41. The van der Waals surface area contributed by atoms with Crippen LogP contribution in [0.4, 0.5) is 0 Å². The maximum absolute atomic E-state index is 4.69. The van der Waals surface area contributed by atoms with Crippen LogP contribution in [0.25, 0.3) is 5.69 Å². The zero-order valence-electron chi connectivity index (χ0n) is 12.3. The van der Waals surface area contributed by atoms with Crippen molar-refractivity contribution in [1.29, 1.82) is 0 Å². The van der Waals surface area contributed by atoms with Crippen molar-refractivity contribution in [3.05, 3.63) is 41.5 Å². The molecule has 4 heteroatoms. The molecule has 0 aliphatic heterocycles. The molecule has 0 aromatic carbocycles. The van der Waals surface area contributed by atoms with E-state index in [1.165, 1.54) is 18.5 Å². The van der Waals surface area contributed by atoms with Gasteiger partial charge in [-0.3, -0.25) is 4.98 Å². The lowest BCUT2D eigenvalue weighted by Gasteiger charge is -2.08. The number of nitrogens with one attached hydrogen (secondary N) is 1. The van der Waals surface area contributed by atoms with E-state index in [9.17, 15) is 0 Å². The zero-order chi connectivity index (χ0) is 13.9. The van der Waals surface area contributed by atoms with Crippen molar-refractivity contribution >= 4 is 0 Å². The molecular weight excluding hydrogens is 248 g/mol. The molecule has 0 radical (unpaired) electrons. The molecule has 2 aromatic rings. The summed E-state index contributed by atoms with van der Waals surface area (Å²) in [7, 11) is 0. The Morgan fingerprint density at radius 1 is 1.20 bits per heavy atom. The van der Waals surface area contributed by atoms with E-state index in [0.29, 0.717) is 6.04 Å². The second kappa shape index (κ2) is 5.75. The lowest BCUT2D eigenvalue weighted by Crippen LogP contribution is -2.16. The molecule has 1 aliphatic rings. The minimum absolute atomic E-state index is 0.711. The molecule has 2 heterocycles. The molecule has 1 N–H and O–H groups in total. The fourth-order valence-corrected chi connectivity index (χ4v) is 2.35. The molecule has 3 rings (SSSR count). The van der Waals surface area contributed by atoms with E-state index in [1.54, 1.807) is 0 Å². The number of aryl methyl sites for hydroxylation is 2.